The molecule has 1 atom stereocenters. The highest BCUT2D eigenvalue weighted by atomic mass is 35.5. The second-order valence-electron chi connectivity index (χ2n) is 6.11. The fraction of sp³-hybridized carbons (Fsp3) is 0.421. The molecular formula is C19H23ClN2O2S. The summed E-state index contributed by atoms with van der Waals surface area (Å²) in [7, 11) is 0. The highest BCUT2D eigenvalue weighted by molar-refractivity contribution is 7.10. The van der Waals surface area contributed by atoms with Gasteiger partial charge in [0.1, 0.15) is 0 Å². The summed E-state index contributed by atoms with van der Waals surface area (Å²) in [5.74, 6) is 0.0877. The van der Waals surface area contributed by atoms with Gasteiger partial charge in [0.2, 0.25) is 5.91 Å². The SMILES string of the molecule is O=C(CCc1ccc(Cl)cc1)NC[C@H](c1cccs1)N1CCOCC1. The van der Waals surface area contributed by atoms with Gasteiger partial charge in [0.15, 0.2) is 0 Å². The van der Waals surface area contributed by atoms with Gasteiger partial charge in [0.25, 0.3) is 0 Å². The van der Waals surface area contributed by atoms with Crippen LogP contribution in [0.2, 0.25) is 5.02 Å². The van der Waals surface area contributed by atoms with E-state index >= 15 is 0 Å². The van der Waals surface area contributed by atoms with Gasteiger partial charge in [-0.3, -0.25) is 9.69 Å². The predicted molar refractivity (Wildman–Crippen MR) is 102 cm³/mol. The standard InChI is InChI=1S/C19H23ClN2O2S/c20-16-6-3-15(4-7-16)5-8-19(23)21-14-17(18-2-1-13-25-18)22-9-11-24-12-10-22/h1-4,6-7,13,17H,5,8-12,14H2,(H,21,23)/t17-/m1/s1. The van der Waals surface area contributed by atoms with Crippen molar-refractivity contribution in [1.82, 2.24) is 10.2 Å². The van der Waals surface area contributed by atoms with E-state index in [4.69, 9.17) is 16.3 Å². The first-order valence-electron chi connectivity index (χ1n) is 8.59. The molecule has 3 rings (SSSR count). The number of aryl methyl sites for hydroxylation is 1. The van der Waals surface area contributed by atoms with Gasteiger partial charge in [-0.2, -0.15) is 0 Å². The van der Waals surface area contributed by atoms with Crippen LogP contribution in [0.4, 0.5) is 0 Å². The van der Waals surface area contributed by atoms with Gasteiger partial charge >= 0.3 is 0 Å². The Kier molecular flexibility index (Phi) is 6.87. The third-order valence-corrected chi connectivity index (χ3v) is 5.63. The van der Waals surface area contributed by atoms with Crippen molar-refractivity contribution in [3.8, 4) is 0 Å². The number of hydrogen-bond donors (Lipinski definition) is 1. The van der Waals surface area contributed by atoms with Crippen LogP contribution in [-0.4, -0.2) is 43.7 Å². The zero-order valence-electron chi connectivity index (χ0n) is 14.1. The highest BCUT2D eigenvalue weighted by Gasteiger charge is 2.23. The summed E-state index contributed by atoms with van der Waals surface area (Å²) in [6.45, 7) is 3.96. The van der Waals surface area contributed by atoms with Gasteiger partial charge in [-0.25, -0.2) is 0 Å². The second kappa shape index (κ2) is 9.34. The zero-order chi connectivity index (χ0) is 17.5. The van der Waals surface area contributed by atoms with Crippen LogP contribution < -0.4 is 5.32 Å². The van der Waals surface area contributed by atoms with Crippen molar-refractivity contribution in [2.24, 2.45) is 0 Å². The molecule has 1 fully saturated rings. The number of halogens is 1. The van der Waals surface area contributed by atoms with Crippen molar-refractivity contribution in [1.29, 1.82) is 0 Å². The van der Waals surface area contributed by atoms with Crippen LogP contribution in [0, 0.1) is 0 Å². The van der Waals surface area contributed by atoms with Gasteiger partial charge in [0, 0.05) is 36.0 Å². The number of carbonyl (C=O) groups is 1. The predicted octanol–water partition coefficient (Wildman–Crippen LogP) is 3.52. The lowest BCUT2D eigenvalue weighted by atomic mass is 10.1. The van der Waals surface area contributed by atoms with E-state index in [1.165, 1.54) is 4.88 Å². The first kappa shape index (κ1) is 18.4. The molecular weight excluding hydrogens is 356 g/mol. The smallest absolute Gasteiger partial charge is 0.220 e. The van der Waals surface area contributed by atoms with Gasteiger partial charge < -0.3 is 10.1 Å². The third-order valence-electron chi connectivity index (χ3n) is 4.40. The maximum absolute atomic E-state index is 12.3. The molecule has 0 spiro atoms. The van der Waals surface area contributed by atoms with E-state index in [0.29, 0.717) is 13.0 Å². The fourth-order valence-electron chi connectivity index (χ4n) is 2.99. The van der Waals surface area contributed by atoms with E-state index in [0.717, 1.165) is 43.3 Å². The monoisotopic (exact) mass is 378 g/mol. The van der Waals surface area contributed by atoms with Crippen molar-refractivity contribution in [2.75, 3.05) is 32.8 Å². The number of benzene rings is 1. The van der Waals surface area contributed by atoms with E-state index in [1.807, 2.05) is 24.3 Å². The van der Waals surface area contributed by atoms with Crippen LogP contribution in [0.1, 0.15) is 22.9 Å². The Bertz CT molecular complexity index is 655. The van der Waals surface area contributed by atoms with Crippen LogP contribution in [0.25, 0.3) is 0 Å². The molecule has 1 aromatic heterocycles. The Morgan fingerprint density at radius 3 is 2.68 bits per heavy atom. The summed E-state index contributed by atoms with van der Waals surface area (Å²) in [5, 5.41) is 5.92. The van der Waals surface area contributed by atoms with Crippen molar-refractivity contribution >= 4 is 28.8 Å². The summed E-state index contributed by atoms with van der Waals surface area (Å²) in [4.78, 5) is 16.0. The summed E-state index contributed by atoms with van der Waals surface area (Å²) < 4.78 is 5.45. The Balaban J connectivity index is 1.51. The van der Waals surface area contributed by atoms with Gasteiger partial charge in [-0.05, 0) is 35.6 Å². The Morgan fingerprint density at radius 2 is 2.00 bits per heavy atom. The fourth-order valence-corrected chi connectivity index (χ4v) is 3.97. The number of ether oxygens (including phenoxy) is 1. The molecule has 0 unspecified atom stereocenters. The molecule has 2 aromatic rings. The van der Waals surface area contributed by atoms with Crippen molar-refractivity contribution < 1.29 is 9.53 Å². The lowest BCUT2D eigenvalue weighted by Gasteiger charge is -2.34. The van der Waals surface area contributed by atoms with Gasteiger partial charge in [0.05, 0.1) is 19.3 Å². The molecule has 1 saturated heterocycles. The average molecular weight is 379 g/mol. The minimum atomic E-state index is 0.0877. The van der Waals surface area contributed by atoms with Crippen molar-refractivity contribution in [3.63, 3.8) is 0 Å². The Labute approximate surface area is 157 Å². The number of rotatable bonds is 7. The quantitative estimate of drug-likeness (QED) is 0.801. The number of hydrogen-bond acceptors (Lipinski definition) is 4. The van der Waals surface area contributed by atoms with E-state index in [9.17, 15) is 4.79 Å². The molecule has 2 heterocycles. The van der Waals surface area contributed by atoms with Crippen LogP contribution in [0.15, 0.2) is 41.8 Å². The number of nitrogens with zero attached hydrogens (tertiary/aromatic N) is 1. The number of carbonyl (C=O) groups excluding carboxylic acids is 1. The van der Waals surface area contributed by atoms with E-state index in [1.54, 1.807) is 11.3 Å². The lowest BCUT2D eigenvalue weighted by molar-refractivity contribution is -0.121. The number of amides is 1. The minimum Gasteiger partial charge on any atom is -0.379 e. The minimum absolute atomic E-state index is 0.0877. The summed E-state index contributed by atoms with van der Waals surface area (Å²) >= 11 is 7.63. The summed E-state index contributed by atoms with van der Waals surface area (Å²) in [6.07, 6.45) is 1.21. The molecule has 134 valence electrons. The largest absolute Gasteiger partial charge is 0.379 e. The molecule has 4 nitrogen and oxygen atoms in total. The number of morpholine rings is 1. The summed E-state index contributed by atoms with van der Waals surface area (Å²) in [6, 6.07) is 12.1. The molecule has 25 heavy (non-hydrogen) atoms. The topological polar surface area (TPSA) is 41.6 Å². The molecule has 6 heteroatoms. The maximum Gasteiger partial charge on any atom is 0.220 e. The molecule has 0 radical (unpaired) electrons. The normalized spacial score (nSPS) is 16.5. The molecule has 1 N–H and O–H groups in total. The number of nitrogens with one attached hydrogen (secondary N) is 1. The van der Waals surface area contributed by atoms with Gasteiger partial charge in [-0.1, -0.05) is 29.8 Å². The van der Waals surface area contributed by atoms with Crippen LogP contribution in [-0.2, 0) is 16.0 Å². The van der Waals surface area contributed by atoms with Crippen molar-refractivity contribution in [2.45, 2.75) is 18.9 Å². The molecule has 1 amide bonds. The van der Waals surface area contributed by atoms with Crippen molar-refractivity contribution in [3.05, 3.63) is 57.2 Å². The molecule has 0 aliphatic carbocycles. The molecule has 1 aliphatic rings. The molecule has 0 bridgehead atoms. The third kappa shape index (κ3) is 5.54. The first-order chi connectivity index (χ1) is 12.2. The highest BCUT2D eigenvalue weighted by Crippen LogP contribution is 2.25. The number of thiophene rings is 1. The summed E-state index contributed by atoms with van der Waals surface area (Å²) in [5.41, 5.74) is 1.13. The Hall–Kier alpha value is -1.40. The molecule has 1 aromatic carbocycles. The van der Waals surface area contributed by atoms with Gasteiger partial charge in [-0.15, -0.1) is 11.3 Å². The zero-order valence-corrected chi connectivity index (χ0v) is 15.7. The van der Waals surface area contributed by atoms with E-state index < -0.39 is 0 Å². The first-order valence-corrected chi connectivity index (χ1v) is 9.84. The second-order valence-corrected chi connectivity index (χ2v) is 7.53. The average Bonchev–Trinajstić information content (AvgIpc) is 3.17. The lowest BCUT2D eigenvalue weighted by Crippen LogP contribution is -2.43. The van der Waals surface area contributed by atoms with Crippen LogP contribution >= 0.6 is 22.9 Å². The van der Waals surface area contributed by atoms with E-state index in [2.05, 4.69) is 27.7 Å². The van der Waals surface area contributed by atoms with E-state index in [-0.39, 0.29) is 11.9 Å². The van der Waals surface area contributed by atoms with Crippen LogP contribution in [0.5, 0.6) is 0 Å². The Morgan fingerprint density at radius 1 is 1.24 bits per heavy atom. The van der Waals surface area contributed by atoms with Crippen LogP contribution in [0.3, 0.4) is 0 Å². The molecule has 0 saturated carbocycles. The molecule has 1 aliphatic heterocycles. The maximum atomic E-state index is 12.3.